The maximum atomic E-state index is 12.7. The Morgan fingerprint density at radius 3 is 2.52 bits per heavy atom. The molecule has 0 N–H and O–H groups in total. The summed E-state index contributed by atoms with van der Waals surface area (Å²) in [6, 6.07) is 4.54. The molecule has 0 amide bonds. The molecule has 0 aromatic heterocycles. The van der Waals surface area contributed by atoms with E-state index in [4.69, 9.17) is 10.00 Å². The molecule has 0 saturated carbocycles. The van der Waals surface area contributed by atoms with E-state index < -0.39 is 11.5 Å². The lowest BCUT2D eigenvalue weighted by Gasteiger charge is -2.15. The highest BCUT2D eigenvalue weighted by molar-refractivity contribution is 9.08. The number of carbonyl (C=O) groups is 1. The number of nitriles is 1. The molecule has 3 nitrogen and oxygen atoms in total. The van der Waals surface area contributed by atoms with Gasteiger partial charge in [0, 0.05) is 10.2 Å². The summed E-state index contributed by atoms with van der Waals surface area (Å²) >= 11 is 2.81. The monoisotopic (exact) mass is 381 g/mol. The van der Waals surface area contributed by atoms with Crippen molar-refractivity contribution in [2.45, 2.75) is 29.1 Å². The highest BCUT2D eigenvalue weighted by atomic mass is 79.9. The number of benzene rings is 1. The fourth-order valence-corrected chi connectivity index (χ4v) is 3.05. The summed E-state index contributed by atoms with van der Waals surface area (Å²) in [6.07, 6.45) is -0.304. The van der Waals surface area contributed by atoms with Gasteiger partial charge in [-0.25, -0.2) is 0 Å². The molecule has 0 atom stereocenters. The van der Waals surface area contributed by atoms with Crippen molar-refractivity contribution in [2.75, 3.05) is 6.61 Å². The van der Waals surface area contributed by atoms with Crippen LogP contribution in [0.4, 0.5) is 13.2 Å². The largest absolute Gasteiger partial charge is 0.466 e. The van der Waals surface area contributed by atoms with Gasteiger partial charge in [0.1, 0.15) is 0 Å². The van der Waals surface area contributed by atoms with Crippen LogP contribution >= 0.6 is 27.7 Å². The SMILES string of the molecule is CCOC(=O)Cc1cc(C#N)cc(CBr)c1SC(F)(F)F. The van der Waals surface area contributed by atoms with E-state index in [1.54, 1.807) is 6.92 Å². The minimum absolute atomic E-state index is 0.0635. The van der Waals surface area contributed by atoms with Gasteiger partial charge < -0.3 is 4.74 Å². The summed E-state index contributed by atoms with van der Waals surface area (Å²) in [6.45, 7) is 1.75. The quantitative estimate of drug-likeness (QED) is 0.436. The highest BCUT2D eigenvalue weighted by Gasteiger charge is 2.32. The minimum atomic E-state index is -4.48. The summed E-state index contributed by atoms with van der Waals surface area (Å²) in [5.74, 6) is -0.628. The molecule has 114 valence electrons. The van der Waals surface area contributed by atoms with E-state index >= 15 is 0 Å². The molecule has 0 aliphatic rings. The van der Waals surface area contributed by atoms with Crippen LogP contribution in [0, 0.1) is 11.3 Å². The van der Waals surface area contributed by atoms with Crippen LogP contribution in [0.5, 0.6) is 0 Å². The Morgan fingerprint density at radius 2 is 2.05 bits per heavy atom. The first kappa shape index (κ1) is 17.9. The van der Waals surface area contributed by atoms with E-state index in [2.05, 4.69) is 15.9 Å². The lowest BCUT2D eigenvalue weighted by Crippen LogP contribution is -2.11. The zero-order valence-electron chi connectivity index (χ0n) is 11.0. The van der Waals surface area contributed by atoms with E-state index in [0.29, 0.717) is 5.56 Å². The Hall–Kier alpha value is -1.20. The second kappa shape index (κ2) is 7.71. The number of esters is 1. The predicted octanol–water partition coefficient (Wildman–Crippen LogP) is 4.17. The predicted molar refractivity (Wildman–Crippen MR) is 76.0 cm³/mol. The van der Waals surface area contributed by atoms with Gasteiger partial charge in [-0.3, -0.25) is 4.79 Å². The average Bonchev–Trinajstić information content (AvgIpc) is 2.39. The second-order valence-electron chi connectivity index (χ2n) is 3.90. The molecule has 0 spiro atoms. The molecule has 0 bridgehead atoms. The number of ether oxygens (including phenoxy) is 1. The number of thioether (sulfide) groups is 1. The summed E-state index contributed by atoms with van der Waals surface area (Å²) in [5.41, 5.74) is -3.82. The van der Waals surface area contributed by atoms with Crippen molar-refractivity contribution < 1.29 is 22.7 Å². The second-order valence-corrected chi connectivity index (χ2v) is 5.53. The molecule has 0 fully saturated rings. The van der Waals surface area contributed by atoms with Crippen LogP contribution in [0.2, 0.25) is 0 Å². The van der Waals surface area contributed by atoms with Crippen LogP contribution in [-0.2, 0) is 21.3 Å². The molecule has 0 heterocycles. The Labute approximate surface area is 132 Å². The Kier molecular flexibility index (Phi) is 6.55. The van der Waals surface area contributed by atoms with Crippen LogP contribution < -0.4 is 0 Å². The third-order valence-electron chi connectivity index (χ3n) is 2.37. The van der Waals surface area contributed by atoms with Gasteiger partial charge in [-0.2, -0.15) is 18.4 Å². The van der Waals surface area contributed by atoms with Crippen LogP contribution in [0.1, 0.15) is 23.6 Å². The highest BCUT2D eigenvalue weighted by Crippen LogP contribution is 2.41. The number of nitrogens with zero attached hydrogens (tertiary/aromatic N) is 1. The third-order valence-corrected chi connectivity index (χ3v) is 3.94. The molecular formula is C13H11BrF3NO2S. The van der Waals surface area contributed by atoms with Gasteiger partial charge in [-0.15, -0.1) is 0 Å². The van der Waals surface area contributed by atoms with Crippen molar-refractivity contribution in [1.82, 2.24) is 0 Å². The van der Waals surface area contributed by atoms with E-state index in [1.165, 1.54) is 12.1 Å². The van der Waals surface area contributed by atoms with Crippen LogP contribution in [0.3, 0.4) is 0 Å². The lowest BCUT2D eigenvalue weighted by atomic mass is 10.0. The van der Waals surface area contributed by atoms with Gasteiger partial charge in [0.05, 0.1) is 24.7 Å². The van der Waals surface area contributed by atoms with Crippen molar-refractivity contribution in [1.29, 1.82) is 5.26 Å². The van der Waals surface area contributed by atoms with Gasteiger partial charge in [0.25, 0.3) is 0 Å². The molecule has 1 rings (SSSR count). The summed E-state index contributed by atoms with van der Waals surface area (Å²) in [5, 5.41) is 9.08. The summed E-state index contributed by atoms with van der Waals surface area (Å²) in [4.78, 5) is 11.5. The first-order valence-electron chi connectivity index (χ1n) is 5.84. The normalized spacial score (nSPS) is 11.0. The Balaban J connectivity index is 3.28. The van der Waals surface area contributed by atoms with E-state index in [9.17, 15) is 18.0 Å². The fraction of sp³-hybridized carbons (Fsp3) is 0.385. The van der Waals surface area contributed by atoms with Crippen LogP contribution in [0.25, 0.3) is 0 Å². The number of hydrogen-bond acceptors (Lipinski definition) is 4. The van der Waals surface area contributed by atoms with Crippen molar-refractivity contribution >= 4 is 33.7 Å². The fourth-order valence-electron chi connectivity index (χ4n) is 1.66. The van der Waals surface area contributed by atoms with Crippen molar-refractivity contribution in [3.63, 3.8) is 0 Å². The Bertz CT molecular complexity index is 570. The summed E-state index contributed by atoms with van der Waals surface area (Å²) in [7, 11) is 0. The number of alkyl halides is 4. The number of halogens is 4. The first-order valence-corrected chi connectivity index (χ1v) is 7.77. The number of carbonyl (C=O) groups excluding carboxylic acids is 1. The van der Waals surface area contributed by atoms with Gasteiger partial charge in [0.2, 0.25) is 0 Å². The van der Waals surface area contributed by atoms with Crippen molar-refractivity contribution in [3.8, 4) is 6.07 Å². The standard InChI is InChI=1S/C13H11BrF3NO2S/c1-2-20-11(19)5-9-3-8(7-18)4-10(6-14)12(9)21-13(15,16)17/h3-4H,2,5-6H2,1H3. The minimum Gasteiger partial charge on any atom is -0.466 e. The summed E-state index contributed by atoms with van der Waals surface area (Å²) < 4.78 is 42.8. The maximum Gasteiger partial charge on any atom is 0.446 e. The number of rotatable bonds is 5. The van der Waals surface area contributed by atoms with Crippen LogP contribution in [-0.4, -0.2) is 18.1 Å². The molecule has 0 saturated heterocycles. The topological polar surface area (TPSA) is 50.1 Å². The lowest BCUT2D eigenvalue weighted by molar-refractivity contribution is -0.142. The molecule has 8 heteroatoms. The number of hydrogen-bond donors (Lipinski definition) is 0. The molecule has 0 unspecified atom stereocenters. The zero-order valence-corrected chi connectivity index (χ0v) is 13.4. The van der Waals surface area contributed by atoms with Crippen LogP contribution in [0.15, 0.2) is 17.0 Å². The van der Waals surface area contributed by atoms with Gasteiger partial charge in [0.15, 0.2) is 0 Å². The van der Waals surface area contributed by atoms with Gasteiger partial charge >= 0.3 is 11.5 Å². The van der Waals surface area contributed by atoms with Gasteiger partial charge in [-0.1, -0.05) is 15.9 Å². The van der Waals surface area contributed by atoms with Gasteiger partial charge in [-0.05, 0) is 41.9 Å². The molecule has 0 aliphatic heterocycles. The molecule has 1 aromatic rings. The maximum absolute atomic E-state index is 12.7. The van der Waals surface area contributed by atoms with Crippen molar-refractivity contribution in [3.05, 3.63) is 28.8 Å². The smallest absolute Gasteiger partial charge is 0.446 e. The van der Waals surface area contributed by atoms with Crippen molar-refractivity contribution in [2.24, 2.45) is 0 Å². The molecular weight excluding hydrogens is 371 g/mol. The molecule has 0 aliphatic carbocycles. The van der Waals surface area contributed by atoms with E-state index in [0.717, 1.165) is 0 Å². The molecule has 21 heavy (non-hydrogen) atoms. The van der Waals surface area contributed by atoms with E-state index in [1.807, 2.05) is 6.07 Å². The van der Waals surface area contributed by atoms with E-state index in [-0.39, 0.29) is 46.1 Å². The Morgan fingerprint density at radius 1 is 1.43 bits per heavy atom. The molecule has 1 aromatic carbocycles. The molecule has 0 radical (unpaired) electrons. The third kappa shape index (κ3) is 5.59. The zero-order chi connectivity index (χ0) is 16.0. The average molecular weight is 382 g/mol. The first-order chi connectivity index (χ1) is 9.80.